The second kappa shape index (κ2) is 7.99. The largest absolute Gasteiger partial charge is 0.339 e. The summed E-state index contributed by atoms with van der Waals surface area (Å²) >= 11 is 9.10. The van der Waals surface area contributed by atoms with Crippen molar-refractivity contribution in [3.8, 4) is 22.6 Å². The molecule has 4 rings (SSSR count). The number of benzene rings is 1. The average molecular weight is 417 g/mol. The molecule has 136 valence electrons. The Labute approximate surface area is 167 Å². The predicted octanol–water partition coefficient (Wildman–Crippen LogP) is 5.15. The number of thiazole rings is 1. The maximum Gasteiger partial charge on any atom is 0.227 e. The van der Waals surface area contributed by atoms with Gasteiger partial charge in [-0.1, -0.05) is 35.0 Å². The minimum absolute atomic E-state index is 0.162. The van der Waals surface area contributed by atoms with E-state index in [1.54, 1.807) is 11.3 Å². The Morgan fingerprint density at radius 1 is 1.19 bits per heavy atom. The van der Waals surface area contributed by atoms with Gasteiger partial charge < -0.3 is 9.84 Å². The van der Waals surface area contributed by atoms with E-state index in [2.05, 4.69) is 20.4 Å². The molecule has 0 radical (unpaired) electrons. The van der Waals surface area contributed by atoms with Gasteiger partial charge in [0.25, 0.3) is 0 Å². The van der Waals surface area contributed by atoms with Crippen molar-refractivity contribution < 1.29 is 9.32 Å². The molecule has 4 aromatic rings. The minimum Gasteiger partial charge on any atom is -0.339 e. The first-order valence-electron chi connectivity index (χ1n) is 8.04. The molecule has 1 aromatic carbocycles. The van der Waals surface area contributed by atoms with Gasteiger partial charge in [0, 0.05) is 39.8 Å². The number of nitrogens with one attached hydrogen (secondary N) is 1. The van der Waals surface area contributed by atoms with E-state index >= 15 is 0 Å². The smallest absolute Gasteiger partial charge is 0.227 e. The average Bonchev–Trinajstić information content (AvgIpc) is 3.41. The molecule has 0 bridgehead atoms. The van der Waals surface area contributed by atoms with Crippen LogP contribution in [0.3, 0.4) is 0 Å². The second-order valence-electron chi connectivity index (χ2n) is 5.59. The third kappa shape index (κ3) is 4.24. The number of carbonyl (C=O) groups is 1. The maximum atomic E-state index is 12.2. The highest BCUT2D eigenvalue weighted by atomic mass is 35.5. The van der Waals surface area contributed by atoms with Gasteiger partial charge in [-0.05, 0) is 17.5 Å². The van der Waals surface area contributed by atoms with Crippen molar-refractivity contribution in [3.05, 3.63) is 57.4 Å². The van der Waals surface area contributed by atoms with Gasteiger partial charge in [0.2, 0.25) is 17.6 Å². The summed E-state index contributed by atoms with van der Waals surface area (Å²) in [4.78, 5) is 20.9. The zero-order valence-electron chi connectivity index (χ0n) is 13.9. The van der Waals surface area contributed by atoms with Crippen LogP contribution in [-0.2, 0) is 11.2 Å². The minimum atomic E-state index is -0.162. The first-order chi connectivity index (χ1) is 13.2. The van der Waals surface area contributed by atoms with Crippen LogP contribution in [0, 0.1) is 0 Å². The summed E-state index contributed by atoms with van der Waals surface area (Å²) in [6.45, 7) is 0. The van der Waals surface area contributed by atoms with E-state index in [4.69, 9.17) is 16.1 Å². The van der Waals surface area contributed by atoms with Crippen LogP contribution in [0.5, 0.6) is 0 Å². The van der Waals surface area contributed by atoms with Crippen molar-refractivity contribution in [3.63, 3.8) is 0 Å². The fourth-order valence-corrected chi connectivity index (χ4v) is 3.99. The summed E-state index contributed by atoms with van der Waals surface area (Å²) in [7, 11) is 0. The summed E-state index contributed by atoms with van der Waals surface area (Å²) < 4.78 is 5.20. The quantitative estimate of drug-likeness (QED) is 0.470. The van der Waals surface area contributed by atoms with Crippen LogP contribution in [0.15, 0.2) is 51.0 Å². The van der Waals surface area contributed by atoms with Crippen LogP contribution >= 0.6 is 34.3 Å². The monoisotopic (exact) mass is 416 g/mol. The van der Waals surface area contributed by atoms with Gasteiger partial charge >= 0.3 is 0 Å². The SMILES string of the molecule is O=C(CCc1nc(-c2ccsc2)no1)Nc1nc(-c2ccccc2Cl)cs1. The number of hydrogen-bond donors (Lipinski definition) is 1. The van der Waals surface area contributed by atoms with E-state index in [1.807, 2.05) is 46.5 Å². The van der Waals surface area contributed by atoms with E-state index in [1.165, 1.54) is 11.3 Å². The van der Waals surface area contributed by atoms with E-state index in [0.29, 0.717) is 28.3 Å². The Hall–Kier alpha value is -2.55. The predicted molar refractivity (Wildman–Crippen MR) is 107 cm³/mol. The molecule has 0 spiro atoms. The van der Waals surface area contributed by atoms with Crippen molar-refractivity contribution in [2.24, 2.45) is 0 Å². The number of carbonyl (C=O) groups excluding carboxylic acids is 1. The fraction of sp³-hybridized carbons (Fsp3) is 0.111. The number of amides is 1. The molecule has 0 aliphatic rings. The number of aromatic nitrogens is 3. The molecule has 1 N–H and O–H groups in total. The Morgan fingerprint density at radius 2 is 2.07 bits per heavy atom. The molecule has 27 heavy (non-hydrogen) atoms. The highest BCUT2D eigenvalue weighted by molar-refractivity contribution is 7.14. The molecule has 0 unspecified atom stereocenters. The molecular formula is C18H13ClN4O2S2. The first-order valence-corrected chi connectivity index (χ1v) is 10.2. The van der Waals surface area contributed by atoms with Gasteiger partial charge in [0.15, 0.2) is 5.13 Å². The molecule has 0 aliphatic heterocycles. The van der Waals surface area contributed by atoms with Crippen LogP contribution in [0.1, 0.15) is 12.3 Å². The number of rotatable bonds is 6. The lowest BCUT2D eigenvalue weighted by atomic mass is 10.2. The second-order valence-corrected chi connectivity index (χ2v) is 7.64. The number of anilines is 1. The summed E-state index contributed by atoms with van der Waals surface area (Å²) in [5.41, 5.74) is 2.48. The third-order valence-corrected chi connectivity index (χ3v) is 5.48. The van der Waals surface area contributed by atoms with E-state index in [9.17, 15) is 4.79 Å². The highest BCUT2D eigenvalue weighted by Gasteiger charge is 2.13. The van der Waals surface area contributed by atoms with Gasteiger partial charge in [-0.2, -0.15) is 16.3 Å². The lowest BCUT2D eigenvalue weighted by molar-refractivity contribution is -0.116. The van der Waals surface area contributed by atoms with Crippen LogP contribution in [0.25, 0.3) is 22.6 Å². The van der Waals surface area contributed by atoms with Crippen LogP contribution in [0.2, 0.25) is 5.02 Å². The van der Waals surface area contributed by atoms with Gasteiger partial charge in [-0.25, -0.2) is 4.98 Å². The molecule has 9 heteroatoms. The number of thiophene rings is 1. The number of aryl methyl sites for hydroxylation is 1. The van der Waals surface area contributed by atoms with Gasteiger partial charge in [0.1, 0.15) is 0 Å². The van der Waals surface area contributed by atoms with Crippen molar-refractivity contribution >= 4 is 45.3 Å². The van der Waals surface area contributed by atoms with Crippen molar-refractivity contribution in [1.29, 1.82) is 0 Å². The van der Waals surface area contributed by atoms with Crippen LogP contribution < -0.4 is 5.32 Å². The lowest BCUT2D eigenvalue weighted by Gasteiger charge is -2.00. The zero-order valence-corrected chi connectivity index (χ0v) is 16.3. The standard InChI is InChI=1S/C18H13ClN4O2S2/c19-13-4-2-1-3-12(13)14-10-27-18(20-14)21-15(24)5-6-16-22-17(23-25-16)11-7-8-26-9-11/h1-4,7-10H,5-6H2,(H,20,21,24). The maximum absolute atomic E-state index is 12.2. The Balaban J connectivity index is 1.34. The normalized spacial score (nSPS) is 10.9. The van der Waals surface area contributed by atoms with E-state index in [-0.39, 0.29) is 12.3 Å². The van der Waals surface area contributed by atoms with Crippen LogP contribution in [0.4, 0.5) is 5.13 Å². The number of nitrogens with zero attached hydrogens (tertiary/aromatic N) is 3. The summed E-state index contributed by atoms with van der Waals surface area (Å²) in [6, 6.07) is 9.38. The lowest BCUT2D eigenvalue weighted by Crippen LogP contribution is -2.12. The summed E-state index contributed by atoms with van der Waals surface area (Å²) in [6.07, 6.45) is 0.595. The topological polar surface area (TPSA) is 80.9 Å². The first kappa shape index (κ1) is 17.8. The molecule has 0 saturated heterocycles. The van der Waals surface area contributed by atoms with Gasteiger partial charge in [0.05, 0.1) is 5.69 Å². The van der Waals surface area contributed by atoms with Crippen molar-refractivity contribution in [1.82, 2.24) is 15.1 Å². The molecule has 0 aliphatic carbocycles. The summed E-state index contributed by atoms with van der Waals surface area (Å²) in [5, 5.41) is 13.6. The molecule has 0 saturated carbocycles. The highest BCUT2D eigenvalue weighted by Crippen LogP contribution is 2.30. The van der Waals surface area contributed by atoms with E-state index in [0.717, 1.165) is 16.8 Å². The molecule has 3 aromatic heterocycles. The summed E-state index contributed by atoms with van der Waals surface area (Å²) in [5.74, 6) is 0.809. The zero-order chi connectivity index (χ0) is 18.6. The number of halogens is 1. The molecule has 6 nitrogen and oxygen atoms in total. The van der Waals surface area contributed by atoms with Crippen molar-refractivity contribution in [2.45, 2.75) is 12.8 Å². The fourth-order valence-electron chi connectivity index (χ4n) is 2.39. The molecular weight excluding hydrogens is 404 g/mol. The third-order valence-electron chi connectivity index (χ3n) is 3.71. The van der Waals surface area contributed by atoms with Gasteiger partial charge in [-0.15, -0.1) is 11.3 Å². The molecule has 1 amide bonds. The van der Waals surface area contributed by atoms with Crippen LogP contribution in [-0.4, -0.2) is 21.0 Å². The molecule has 0 fully saturated rings. The molecule has 3 heterocycles. The Morgan fingerprint density at radius 3 is 2.89 bits per heavy atom. The Kier molecular flexibility index (Phi) is 5.28. The van der Waals surface area contributed by atoms with Crippen molar-refractivity contribution in [2.75, 3.05) is 5.32 Å². The molecule has 0 atom stereocenters. The Bertz CT molecular complexity index is 1060. The van der Waals surface area contributed by atoms with Gasteiger partial charge in [-0.3, -0.25) is 4.79 Å². The number of hydrogen-bond acceptors (Lipinski definition) is 7. The van der Waals surface area contributed by atoms with E-state index < -0.39 is 0 Å².